The maximum absolute atomic E-state index is 11.9. The Labute approximate surface area is 167 Å². The molecule has 1 atom stereocenters. The number of hydroxylamine groups is 1. The van der Waals surface area contributed by atoms with Crippen LogP contribution < -0.4 is 10.8 Å². The van der Waals surface area contributed by atoms with Crippen LogP contribution >= 0.6 is 0 Å². The Morgan fingerprint density at radius 2 is 1.57 bits per heavy atom. The summed E-state index contributed by atoms with van der Waals surface area (Å²) in [5.41, 5.74) is 3.65. The number of unbranched alkanes of at least 4 members (excludes halogenated alkanes) is 3. The van der Waals surface area contributed by atoms with Gasteiger partial charge in [-0.3, -0.25) is 14.4 Å². The Balaban J connectivity index is 2.03. The number of hydrogen-bond donors (Lipinski definition) is 2. The first-order chi connectivity index (χ1) is 13.4. The van der Waals surface area contributed by atoms with Gasteiger partial charge in [0.25, 0.3) is 0 Å². The topological polar surface area (TPSA) is 93.7 Å². The lowest BCUT2D eigenvalue weighted by Crippen LogP contribution is -2.30. The predicted molar refractivity (Wildman–Crippen MR) is 108 cm³/mol. The lowest BCUT2D eigenvalue weighted by atomic mass is 10.1. The molecule has 0 fully saturated rings. The van der Waals surface area contributed by atoms with Gasteiger partial charge in [-0.15, -0.1) is 0 Å². The summed E-state index contributed by atoms with van der Waals surface area (Å²) in [5, 5.41) is 2.80. The second kappa shape index (κ2) is 13.8. The van der Waals surface area contributed by atoms with Crippen molar-refractivity contribution < 1.29 is 24.0 Å². The van der Waals surface area contributed by atoms with Crippen molar-refractivity contribution in [3.8, 4) is 0 Å². The van der Waals surface area contributed by atoms with E-state index in [1.165, 1.54) is 0 Å². The van der Waals surface area contributed by atoms with Crippen LogP contribution in [0.15, 0.2) is 24.3 Å². The smallest absolute Gasteiger partial charge is 0.243 e. The van der Waals surface area contributed by atoms with Crippen LogP contribution in [0.4, 0.5) is 5.69 Å². The summed E-state index contributed by atoms with van der Waals surface area (Å²) in [6.45, 7) is 6.40. The van der Waals surface area contributed by atoms with Crippen LogP contribution in [-0.4, -0.2) is 31.0 Å². The highest BCUT2D eigenvalue weighted by atomic mass is 16.8. The molecule has 7 nitrogen and oxygen atoms in total. The van der Waals surface area contributed by atoms with Crippen molar-refractivity contribution in [3.05, 3.63) is 29.8 Å². The van der Waals surface area contributed by atoms with Gasteiger partial charge < -0.3 is 10.1 Å². The van der Waals surface area contributed by atoms with E-state index in [0.717, 1.165) is 32.0 Å². The minimum absolute atomic E-state index is 0.0552. The monoisotopic (exact) mass is 392 g/mol. The average Bonchev–Trinajstić information content (AvgIpc) is 2.68. The molecule has 0 radical (unpaired) electrons. The van der Waals surface area contributed by atoms with Crippen molar-refractivity contribution in [2.75, 3.05) is 11.9 Å². The Morgan fingerprint density at radius 1 is 0.964 bits per heavy atom. The number of aldehydes is 1. The zero-order chi connectivity index (χ0) is 20.8. The molecule has 156 valence electrons. The maximum atomic E-state index is 11.9. The van der Waals surface area contributed by atoms with E-state index in [9.17, 15) is 14.4 Å². The average molecular weight is 392 g/mol. The first-order valence-corrected chi connectivity index (χ1v) is 9.82. The number of amides is 2. The summed E-state index contributed by atoms with van der Waals surface area (Å²) in [4.78, 5) is 39.3. The largest absolute Gasteiger partial charge is 0.350 e. The van der Waals surface area contributed by atoms with Gasteiger partial charge in [0, 0.05) is 24.1 Å². The summed E-state index contributed by atoms with van der Waals surface area (Å²) in [6, 6.07) is 6.73. The van der Waals surface area contributed by atoms with Gasteiger partial charge in [-0.25, -0.2) is 10.3 Å². The zero-order valence-corrected chi connectivity index (χ0v) is 17.0. The van der Waals surface area contributed by atoms with Gasteiger partial charge in [-0.1, -0.05) is 26.7 Å². The molecule has 0 bridgehead atoms. The van der Waals surface area contributed by atoms with Crippen molar-refractivity contribution in [2.24, 2.45) is 5.92 Å². The molecule has 1 unspecified atom stereocenters. The third kappa shape index (κ3) is 11.5. The molecule has 1 aromatic rings. The first-order valence-electron chi connectivity index (χ1n) is 9.82. The normalized spacial score (nSPS) is 11.9. The van der Waals surface area contributed by atoms with Crippen molar-refractivity contribution >= 4 is 23.8 Å². The van der Waals surface area contributed by atoms with Crippen molar-refractivity contribution in [1.82, 2.24) is 5.48 Å². The van der Waals surface area contributed by atoms with Gasteiger partial charge in [-0.05, 0) is 49.9 Å². The number of carbonyl (C=O) groups is 3. The van der Waals surface area contributed by atoms with Gasteiger partial charge in [0.15, 0.2) is 6.29 Å². The molecule has 0 saturated carbocycles. The third-order valence-corrected chi connectivity index (χ3v) is 3.89. The molecule has 7 heteroatoms. The van der Waals surface area contributed by atoms with E-state index in [1.54, 1.807) is 31.2 Å². The van der Waals surface area contributed by atoms with Crippen LogP contribution in [0, 0.1) is 5.92 Å². The second-order valence-corrected chi connectivity index (χ2v) is 7.14. The van der Waals surface area contributed by atoms with E-state index in [2.05, 4.69) is 10.8 Å². The minimum atomic E-state index is -0.473. The number of ether oxygens (including phenoxy) is 1. The summed E-state index contributed by atoms with van der Waals surface area (Å²) >= 11 is 0. The molecule has 0 aliphatic carbocycles. The number of rotatable bonds is 14. The van der Waals surface area contributed by atoms with Crippen LogP contribution in [-0.2, 0) is 19.2 Å². The van der Waals surface area contributed by atoms with Crippen molar-refractivity contribution in [2.45, 2.75) is 65.6 Å². The van der Waals surface area contributed by atoms with E-state index < -0.39 is 6.29 Å². The standard InChI is InChI=1S/C21H32N2O5/c1-16(2)15-27-17(3)28-23-21(26)9-7-5-4-6-8-20(25)22-19-12-10-18(14-24)11-13-19/h10-14,16-17H,4-9,15H2,1-3H3,(H,22,25)(H,23,26). The Kier molecular flexibility index (Phi) is 11.8. The molecular formula is C21H32N2O5. The molecule has 1 rings (SSSR count). The molecule has 0 saturated heterocycles. The number of carbonyl (C=O) groups excluding carboxylic acids is 3. The van der Waals surface area contributed by atoms with Crippen LogP contribution in [0.5, 0.6) is 0 Å². The summed E-state index contributed by atoms with van der Waals surface area (Å²) in [6.07, 6.45) is 4.34. The summed E-state index contributed by atoms with van der Waals surface area (Å²) in [7, 11) is 0. The zero-order valence-electron chi connectivity index (χ0n) is 17.0. The van der Waals surface area contributed by atoms with Gasteiger partial charge in [0.1, 0.15) is 6.29 Å². The predicted octanol–water partition coefficient (Wildman–Crippen LogP) is 3.84. The van der Waals surface area contributed by atoms with E-state index in [-0.39, 0.29) is 11.8 Å². The second-order valence-electron chi connectivity index (χ2n) is 7.14. The number of anilines is 1. The van der Waals surface area contributed by atoms with Gasteiger partial charge in [0.05, 0.1) is 6.61 Å². The van der Waals surface area contributed by atoms with Crippen LogP contribution in [0.2, 0.25) is 0 Å². The van der Waals surface area contributed by atoms with Crippen LogP contribution in [0.1, 0.15) is 69.7 Å². The fraction of sp³-hybridized carbons (Fsp3) is 0.571. The SMILES string of the molecule is CC(C)COC(C)ONC(=O)CCCCCCC(=O)Nc1ccc(C=O)cc1. The van der Waals surface area contributed by atoms with Gasteiger partial charge >= 0.3 is 0 Å². The van der Waals surface area contributed by atoms with E-state index in [4.69, 9.17) is 9.57 Å². The Morgan fingerprint density at radius 3 is 2.14 bits per heavy atom. The summed E-state index contributed by atoms with van der Waals surface area (Å²) in [5.74, 6) is 0.184. The molecule has 0 aromatic heterocycles. The highest BCUT2D eigenvalue weighted by Crippen LogP contribution is 2.11. The lowest BCUT2D eigenvalue weighted by Gasteiger charge is -2.15. The quantitative estimate of drug-likeness (QED) is 0.217. The van der Waals surface area contributed by atoms with Gasteiger partial charge in [0.2, 0.25) is 11.8 Å². The van der Waals surface area contributed by atoms with E-state index in [0.29, 0.717) is 36.6 Å². The van der Waals surface area contributed by atoms with Crippen molar-refractivity contribution in [1.29, 1.82) is 0 Å². The molecule has 0 aliphatic heterocycles. The van der Waals surface area contributed by atoms with Crippen LogP contribution in [0.3, 0.4) is 0 Å². The van der Waals surface area contributed by atoms with Crippen molar-refractivity contribution in [3.63, 3.8) is 0 Å². The van der Waals surface area contributed by atoms with E-state index >= 15 is 0 Å². The van der Waals surface area contributed by atoms with Gasteiger partial charge in [-0.2, -0.15) is 0 Å². The minimum Gasteiger partial charge on any atom is -0.350 e. The fourth-order valence-electron chi connectivity index (χ4n) is 2.35. The molecule has 2 amide bonds. The molecule has 0 heterocycles. The summed E-state index contributed by atoms with van der Waals surface area (Å²) < 4.78 is 5.40. The molecule has 28 heavy (non-hydrogen) atoms. The number of nitrogens with one attached hydrogen (secondary N) is 2. The first kappa shape index (κ1) is 23.8. The number of benzene rings is 1. The lowest BCUT2D eigenvalue weighted by molar-refractivity contribution is -0.183. The fourth-order valence-corrected chi connectivity index (χ4v) is 2.35. The molecule has 2 N–H and O–H groups in total. The Hall–Kier alpha value is -2.25. The van der Waals surface area contributed by atoms with Crippen LogP contribution in [0.25, 0.3) is 0 Å². The highest BCUT2D eigenvalue weighted by Gasteiger charge is 2.07. The third-order valence-electron chi connectivity index (χ3n) is 3.89. The molecular weight excluding hydrogens is 360 g/mol. The molecule has 1 aromatic carbocycles. The van der Waals surface area contributed by atoms with E-state index in [1.807, 2.05) is 13.8 Å². The molecule has 0 aliphatic rings. The highest BCUT2D eigenvalue weighted by molar-refractivity contribution is 5.91. The molecule has 0 spiro atoms. The maximum Gasteiger partial charge on any atom is 0.243 e. The Bertz CT molecular complexity index is 601. The number of hydrogen-bond acceptors (Lipinski definition) is 5.